The Morgan fingerprint density at radius 3 is 2.70 bits per heavy atom. The summed E-state index contributed by atoms with van der Waals surface area (Å²) in [6.45, 7) is 5.95. The molecule has 0 spiro atoms. The van der Waals surface area contributed by atoms with Crippen LogP contribution in [0.25, 0.3) is 16.6 Å². The van der Waals surface area contributed by atoms with Crippen LogP contribution >= 0.6 is 22.6 Å². The largest absolute Gasteiger partial charge is 0.268 e. The number of nitrogens with zero attached hydrogens (tertiary/aromatic N) is 2. The fourth-order valence-corrected chi connectivity index (χ4v) is 3.16. The van der Waals surface area contributed by atoms with E-state index in [9.17, 15) is 9.18 Å². The first-order valence-electron chi connectivity index (χ1n) is 7.41. The van der Waals surface area contributed by atoms with Crippen molar-refractivity contribution in [2.24, 2.45) is 0 Å². The van der Waals surface area contributed by atoms with Crippen LogP contribution < -0.4 is 5.56 Å². The molecule has 0 aliphatic carbocycles. The quantitative estimate of drug-likeness (QED) is 0.577. The number of hydrogen-bond acceptors (Lipinski definition) is 2. The highest BCUT2D eigenvalue weighted by molar-refractivity contribution is 14.1. The van der Waals surface area contributed by atoms with Crippen molar-refractivity contribution in [3.63, 3.8) is 0 Å². The Balaban J connectivity index is 2.45. The summed E-state index contributed by atoms with van der Waals surface area (Å²) in [7, 11) is 0. The van der Waals surface area contributed by atoms with Gasteiger partial charge in [-0.25, -0.2) is 9.37 Å². The highest BCUT2D eigenvalue weighted by Gasteiger charge is 2.15. The molecule has 0 radical (unpaired) electrons. The normalized spacial score (nSPS) is 11.2. The molecule has 0 unspecified atom stereocenters. The van der Waals surface area contributed by atoms with Gasteiger partial charge in [0.15, 0.2) is 0 Å². The van der Waals surface area contributed by atoms with Gasteiger partial charge in [0.2, 0.25) is 0 Å². The molecule has 0 N–H and O–H groups in total. The lowest BCUT2D eigenvalue weighted by Gasteiger charge is -2.16. The Labute approximate surface area is 147 Å². The molecule has 118 valence electrons. The number of fused-ring (bicyclic) bond motifs is 1. The highest BCUT2D eigenvalue weighted by Crippen LogP contribution is 2.21. The molecule has 0 aliphatic rings. The number of hydrogen-bond donors (Lipinski definition) is 0. The molecule has 0 bridgehead atoms. The van der Waals surface area contributed by atoms with Crippen LogP contribution in [-0.4, -0.2) is 9.55 Å². The molecule has 0 amide bonds. The lowest BCUT2D eigenvalue weighted by molar-refractivity contribution is 0.621. The number of halogens is 2. The summed E-state index contributed by atoms with van der Waals surface area (Å²) in [6, 6.07) is 8.78. The summed E-state index contributed by atoms with van der Waals surface area (Å²) in [6.07, 6.45) is 0.589. The first-order chi connectivity index (χ1) is 10.9. The first kappa shape index (κ1) is 16.1. The third-order valence-corrected chi connectivity index (χ3v) is 4.94. The number of benzene rings is 2. The van der Waals surface area contributed by atoms with E-state index in [-0.39, 0.29) is 11.4 Å². The zero-order valence-electron chi connectivity index (χ0n) is 13.2. The van der Waals surface area contributed by atoms with E-state index in [1.165, 1.54) is 6.07 Å². The van der Waals surface area contributed by atoms with E-state index in [2.05, 4.69) is 4.98 Å². The molecule has 3 aromatic rings. The highest BCUT2D eigenvalue weighted by atomic mass is 127. The van der Waals surface area contributed by atoms with Gasteiger partial charge in [-0.3, -0.25) is 9.36 Å². The Bertz CT molecular complexity index is 979. The molecule has 3 nitrogen and oxygen atoms in total. The van der Waals surface area contributed by atoms with Gasteiger partial charge < -0.3 is 0 Å². The van der Waals surface area contributed by atoms with Gasteiger partial charge in [-0.15, -0.1) is 0 Å². The van der Waals surface area contributed by atoms with E-state index in [1.54, 1.807) is 10.6 Å². The van der Waals surface area contributed by atoms with Crippen LogP contribution in [0.1, 0.15) is 23.9 Å². The average Bonchev–Trinajstić information content (AvgIpc) is 2.52. The lowest BCUT2D eigenvalue weighted by Crippen LogP contribution is -2.24. The van der Waals surface area contributed by atoms with E-state index < -0.39 is 0 Å². The summed E-state index contributed by atoms with van der Waals surface area (Å²) in [4.78, 5) is 17.6. The van der Waals surface area contributed by atoms with Crippen LogP contribution in [0.3, 0.4) is 0 Å². The minimum absolute atomic E-state index is 0.154. The zero-order chi connectivity index (χ0) is 16.7. The predicted molar refractivity (Wildman–Crippen MR) is 98.9 cm³/mol. The molecule has 0 saturated carbocycles. The Morgan fingerprint density at radius 1 is 1.26 bits per heavy atom. The van der Waals surface area contributed by atoms with Gasteiger partial charge in [-0.2, -0.15) is 0 Å². The summed E-state index contributed by atoms with van der Waals surface area (Å²) < 4.78 is 15.9. The Hall–Kier alpha value is -1.76. The van der Waals surface area contributed by atoms with Crippen molar-refractivity contribution in [3.05, 3.63) is 67.0 Å². The van der Waals surface area contributed by atoms with Crippen LogP contribution in [0.5, 0.6) is 0 Å². The summed E-state index contributed by atoms with van der Waals surface area (Å²) in [5.74, 6) is 0.286. The van der Waals surface area contributed by atoms with Gasteiger partial charge in [0.1, 0.15) is 11.6 Å². The maximum atomic E-state index is 13.8. The second kappa shape index (κ2) is 6.03. The third-order valence-electron chi connectivity index (χ3n) is 4.11. The topological polar surface area (TPSA) is 34.9 Å². The van der Waals surface area contributed by atoms with Crippen LogP contribution in [0.15, 0.2) is 35.1 Å². The molecule has 5 heteroatoms. The van der Waals surface area contributed by atoms with Gasteiger partial charge in [0, 0.05) is 16.1 Å². The second-order valence-corrected chi connectivity index (χ2v) is 6.69. The van der Waals surface area contributed by atoms with Gasteiger partial charge in [-0.05, 0) is 59.7 Å². The maximum absolute atomic E-state index is 13.8. The predicted octanol–water partition coefficient (Wildman–Crippen LogP) is 4.31. The lowest BCUT2D eigenvalue weighted by atomic mass is 10.1. The Morgan fingerprint density at radius 2 is 2.00 bits per heavy atom. The van der Waals surface area contributed by atoms with Crippen molar-refractivity contribution in [3.8, 4) is 5.69 Å². The molecule has 1 aromatic heterocycles. The average molecular weight is 422 g/mol. The molecule has 3 rings (SSSR count). The van der Waals surface area contributed by atoms with Crippen molar-refractivity contribution < 1.29 is 4.39 Å². The molecule has 0 aliphatic heterocycles. The van der Waals surface area contributed by atoms with E-state index in [1.807, 2.05) is 61.6 Å². The van der Waals surface area contributed by atoms with Crippen molar-refractivity contribution >= 4 is 33.5 Å². The minimum Gasteiger partial charge on any atom is -0.268 e. The van der Waals surface area contributed by atoms with Crippen molar-refractivity contribution in [2.45, 2.75) is 27.2 Å². The SMILES string of the molecule is CCc1nc2cc(F)c(I)cc2c(=O)n1-c1cccc(C)c1C. The standard InChI is InChI=1S/C18H16FIN2O/c1-4-17-21-15-9-13(19)14(20)8-12(15)18(23)22(17)16-7-5-6-10(2)11(16)3/h5-9H,4H2,1-3H3. The van der Waals surface area contributed by atoms with E-state index in [0.29, 0.717) is 26.7 Å². The molecular formula is C18H16FIN2O. The fourth-order valence-electron chi connectivity index (χ4n) is 2.69. The minimum atomic E-state index is -0.350. The van der Waals surface area contributed by atoms with Gasteiger partial charge in [-0.1, -0.05) is 19.1 Å². The molecule has 23 heavy (non-hydrogen) atoms. The van der Waals surface area contributed by atoms with Crippen LogP contribution in [-0.2, 0) is 6.42 Å². The fraction of sp³-hybridized carbons (Fsp3) is 0.222. The number of aryl methyl sites for hydroxylation is 2. The molecular weight excluding hydrogens is 406 g/mol. The molecule has 0 atom stereocenters. The van der Waals surface area contributed by atoms with Crippen LogP contribution in [0, 0.1) is 23.2 Å². The van der Waals surface area contributed by atoms with Gasteiger partial charge in [0.05, 0.1) is 16.6 Å². The summed E-state index contributed by atoms with van der Waals surface area (Å²) >= 11 is 1.89. The molecule has 2 aromatic carbocycles. The van der Waals surface area contributed by atoms with Gasteiger partial charge in [0.25, 0.3) is 5.56 Å². The first-order valence-corrected chi connectivity index (χ1v) is 8.49. The van der Waals surface area contributed by atoms with Crippen molar-refractivity contribution in [1.29, 1.82) is 0 Å². The second-order valence-electron chi connectivity index (χ2n) is 5.52. The maximum Gasteiger partial charge on any atom is 0.266 e. The van der Waals surface area contributed by atoms with E-state index in [0.717, 1.165) is 16.8 Å². The van der Waals surface area contributed by atoms with Crippen molar-refractivity contribution in [1.82, 2.24) is 9.55 Å². The monoisotopic (exact) mass is 422 g/mol. The van der Waals surface area contributed by atoms with E-state index in [4.69, 9.17) is 0 Å². The van der Waals surface area contributed by atoms with Crippen LogP contribution in [0.4, 0.5) is 4.39 Å². The molecule has 0 fully saturated rings. The number of rotatable bonds is 2. The Kier molecular flexibility index (Phi) is 4.23. The summed E-state index contributed by atoms with van der Waals surface area (Å²) in [5.41, 5.74) is 3.25. The third kappa shape index (κ3) is 2.67. The van der Waals surface area contributed by atoms with Gasteiger partial charge >= 0.3 is 0 Å². The summed E-state index contributed by atoms with van der Waals surface area (Å²) in [5, 5.41) is 0.439. The smallest absolute Gasteiger partial charge is 0.266 e. The molecule has 1 heterocycles. The zero-order valence-corrected chi connectivity index (χ0v) is 15.3. The number of aromatic nitrogens is 2. The van der Waals surface area contributed by atoms with Crippen LogP contribution in [0.2, 0.25) is 0 Å². The van der Waals surface area contributed by atoms with E-state index >= 15 is 0 Å². The molecule has 0 saturated heterocycles. The van der Waals surface area contributed by atoms with Crippen molar-refractivity contribution in [2.75, 3.05) is 0 Å².